The number of thioether (sulfide) groups is 1. The van der Waals surface area contributed by atoms with Crippen LogP contribution < -0.4 is 20.1 Å². The largest absolute Gasteiger partial charge is 0.586 e. The molecule has 0 atom stereocenters. The van der Waals surface area contributed by atoms with E-state index >= 15 is 0 Å². The molecule has 2 N–H and O–H groups in total. The number of hydrogen-bond acceptors (Lipinski definition) is 8. The Hall–Kier alpha value is -2.92. The van der Waals surface area contributed by atoms with Gasteiger partial charge in [-0.25, -0.2) is 0 Å². The van der Waals surface area contributed by atoms with Gasteiger partial charge in [-0.2, -0.15) is 0 Å². The van der Waals surface area contributed by atoms with Crippen molar-refractivity contribution in [3.63, 3.8) is 0 Å². The van der Waals surface area contributed by atoms with E-state index in [1.54, 1.807) is 0 Å². The van der Waals surface area contributed by atoms with E-state index in [4.69, 9.17) is 0 Å². The number of aromatic nitrogens is 2. The third kappa shape index (κ3) is 4.62. The molecule has 0 radical (unpaired) electrons. The van der Waals surface area contributed by atoms with Crippen molar-refractivity contribution < 1.29 is 23.0 Å². The van der Waals surface area contributed by atoms with Gasteiger partial charge in [0.15, 0.2) is 15.8 Å². The molecule has 3 aromatic rings. The second-order valence-electron chi connectivity index (χ2n) is 6.41. The van der Waals surface area contributed by atoms with Crippen molar-refractivity contribution in [2.75, 3.05) is 16.4 Å². The number of amides is 1. The average Bonchev–Trinajstić information content (AvgIpc) is 3.25. The number of alkyl halides is 2. The van der Waals surface area contributed by atoms with Crippen molar-refractivity contribution in [2.45, 2.75) is 24.5 Å². The maximum absolute atomic E-state index is 13.1. The second kappa shape index (κ2) is 8.07. The molecule has 0 bridgehead atoms. The third-order valence-electron chi connectivity index (χ3n) is 4.26. The van der Waals surface area contributed by atoms with Crippen molar-refractivity contribution in [1.29, 1.82) is 0 Å². The van der Waals surface area contributed by atoms with E-state index in [1.165, 1.54) is 46.9 Å². The maximum atomic E-state index is 13.1. The number of fused-ring (bicyclic) bond motifs is 1. The number of benzene rings is 2. The first-order chi connectivity index (χ1) is 14.3. The first-order valence-electron chi connectivity index (χ1n) is 8.78. The number of rotatable bonds is 6. The standard InChI is InChI=1S/C19H16F2N4O3S2/c1-10-4-3-5-13(11(10)2)23-17-24-25-18(30-17)29-9-16(26)22-12-6-7-14-15(8-12)28-19(20,21)27-14/h3-8H,9H2,1-2H3,(H,22,26)(H,23,24). The summed E-state index contributed by atoms with van der Waals surface area (Å²) in [4.78, 5) is 12.2. The number of carbonyl (C=O) groups excluding carboxylic acids is 1. The van der Waals surface area contributed by atoms with Gasteiger partial charge in [0.25, 0.3) is 0 Å². The fourth-order valence-corrected chi connectivity index (χ4v) is 4.24. The highest BCUT2D eigenvalue weighted by molar-refractivity contribution is 8.01. The van der Waals surface area contributed by atoms with Crippen LogP contribution in [0.25, 0.3) is 0 Å². The highest BCUT2D eigenvalue weighted by Crippen LogP contribution is 2.42. The highest BCUT2D eigenvalue weighted by atomic mass is 32.2. The molecule has 30 heavy (non-hydrogen) atoms. The first-order valence-corrected chi connectivity index (χ1v) is 10.6. The minimum Gasteiger partial charge on any atom is -0.395 e. The monoisotopic (exact) mass is 450 g/mol. The van der Waals surface area contributed by atoms with E-state index in [-0.39, 0.29) is 23.2 Å². The minimum atomic E-state index is -3.69. The molecule has 2 heterocycles. The van der Waals surface area contributed by atoms with Crippen LogP contribution in [0.1, 0.15) is 11.1 Å². The zero-order valence-electron chi connectivity index (χ0n) is 15.9. The summed E-state index contributed by atoms with van der Waals surface area (Å²) >= 11 is 2.57. The first kappa shape index (κ1) is 20.4. The Balaban J connectivity index is 1.31. The molecule has 0 saturated carbocycles. The van der Waals surface area contributed by atoms with Gasteiger partial charge in [-0.15, -0.1) is 19.0 Å². The van der Waals surface area contributed by atoms with Crippen molar-refractivity contribution >= 4 is 45.5 Å². The fraction of sp³-hybridized carbons (Fsp3) is 0.211. The minimum absolute atomic E-state index is 0.0786. The number of aryl methyl sites for hydroxylation is 1. The third-order valence-corrected chi connectivity index (χ3v) is 6.24. The Morgan fingerprint density at radius 2 is 1.97 bits per heavy atom. The van der Waals surface area contributed by atoms with Crippen LogP contribution in [0.5, 0.6) is 11.5 Å². The van der Waals surface area contributed by atoms with Crippen molar-refractivity contribution in [1.82, 2.24) is 10.2 Å². The van der Waals surface area contributed by atoms with Crippen LogP contribution in [0, 0.1) is 13.8 Å². The van der Waals surface area contributed by atoms with Gasteiger partial charge >= 0.3 is 6.29 Å². The summed E-state index contributed by atoms with van der Waals surface area (Å²) in [5.41, 5.74) is 3.58. The van der Waals surface area contributed by atoms with Gasteiger partial charge in [-0.05, 0) is 43.2 Å². The normalized spacial score (nSPS) is 13.9. The van der Waals surface area contributed by atoms with Gasteiger partial charge in [-0.3, -0.25) is 4.79 Å². The van der Waals surface area contributed by atoms with Gasteiger partial charge in [0.05, 0.1) is 5.75 Å². The molecule has 1 aliphatic heterocycles. The summed E-state index contributed by atoms with van der Waals surface area (Å²) < 4.78 is 35.5. The van der Waals surface area contributed by atoms with Crippen LogP contribution >= 0.6 is 23.1 Å². The van der Waals surface area contributed by atoms with Crippen LogP contribution in [0.2, 0.25) is 0 Å². The summed E-state index contributed by atoms with van der Waals surface area (Å²) in [6, 6.07) is 10.0. The van der Waals surface area contributed by atoms with Crippen LogP contribution in [-0.2, 0) is 4.79 Å². The topological polar surface area (TPSA) is 85.4 Å². The molecule has 7 nitrogen and oxygen atoms in total. The molecule has 0 spiro atoms. The molecule has 1 amide bonds. The molecule has 0 fully saturated rings. The summed E-state index contributed by atoms with van der Waals surface area (Å²) in [5.74, 6) is -0.436. The lowest BCUT2D eigenvalue weighted by Gasteiger charge is -2.08. The van der Waals surface area contributed by atoms with Crippen molar-refractivity contribution in [2.24, 2.45) is 0 Å². The fourth-order valence-electron chi connectivity index (χ4n) is 2.67. The Morgan fingerprint density at radius 1 is 1.17 bits per heavy atom. The van der Waals surface area contributed by atoms with Crippen LogP contribution in [0.15, 0.2) is 40.7 Å². The Bertz CT molecular complexity index is 1110. The molecule has 2 aromatic carbocycles. The number of halogens is 2. The van der Waals surface area contributed by atoms with Gasteiger partial charge < -0.3 is 20.1 Å². The lowest BCUT2D eigenvalue weighted by Crippen LogP contribution is -2.25. The summed E-state index contributed by atoms with van der Waals surface area (Å²) in [6.07, 6.45) is -3.69. The molecule has 1 aromatic heterocycles. The van der Waals surface area contributed by atoms with Gasteiger partial charge in [0.1, 0.15) is 0 Å². The highest BCUT2D eigenvalue weighted by Gasteiger charge is 2.43. The van der Waals surface area contributed by atoms with Crippen molar-refractivity contribution in [3.8, 4) is 11.5 Å². The SMILES string of the molecule is Cc1cccc(Nc2nnc(SCC(=O)Nc3ccc4c(c3)OC(F)(F)O4)s2)c1C. The number of hydrogen-bond donors (Lipinski definition) is 2. The number of carbonyl (C=O) groups is 1. The molecule has 11 heteroatoms. The summed E-state index contributed by atoms with van der Waals surface area (Å²) in [7, 11) is 0. The second-order valence-corrected chi connectivity index (χ2v) is 8.61. The van der Waals surface area contributed by atoms with E-state index in [9.17, 15) is 13.6 Å². The predicted molar refractivity (Wildman–Crippen MR) is 111 cm³/mol. The molecule has 0 unspecified atom stereocenters. The van der Waals surface area contributed by atoms with Crippen LogP contribution in [-0.4, -0.2) is 28.2 Å². The molecule has 0 aliphatic carbocycles. The van der Waals surface area contributed by atoms with E-state index < -0.39 is 6.29 Å². The Kier molecular flexibility index (Phi) is 5.48. The molecule has 156 valence electrons. The zero-order valence-corrected chi connectivity index (χ0v) is 17.5. The van der Waals surface area contributed by atoms with Crippen LogP contribution in [0.3, 0.4) is 0 Å². The molecule has 1 aliphatic rings. The zero-order chi connectivity index (χ0) is 21.3. The number of nitrogens with zero attached hydrogens (tertiary/aromatic N) is 2. The molecule has 4 rings (SSSR count). The quantitative estimate of drug-likeness (QED) is 0.514. The predicted octanol–water partition coefficient (Wildman–Crippen LogP) is 4.95. The molecular weight excluding hydrogens is 434 g/mol. The number of nitrogens with one attached hydrogen (secondary N) is 2. The lowest BCUT2D eigenvalue weighted by atomic mass is 10.1. The van der Waals surface area contributed by atoms with E-state index in [1.807, 2.05) is 32.0 Å². The maximum Gasteiger partial charge on any atom is 0.586 e. The number of ether oxygens (including phenoxy) is 2. The Labute approximate surface area is 178 Å². The smallest absolute Gasteiger partial charge is 0.395 e. The van der Waals surface area contributed by atoms with Gasteiger partial charge in [0.2, 0.25) is 11.0 Å². The molecule has 0 saturated heterocycles. The van der Waals surface area contributed by atoms with Crippen LogP contribution in [0.4, 0.5) is 25.3 Å². The van der Waals surface area contributed by atoms with E-state index in [0.29, 0.717) is 15.2 Å². The van der Waals surface area contributed by atoms with Gasteiger partial charge in [0, 0.05) is 17.4 Å². The lowest BCUT2D eigenvalue weighted by molar-refractivity contribution is -0.286. The number of anilines is 3. The van der Waals surface area contributed by atoms with E-state index in [0.717, 1.165) is 11.3 Å². The summed E-state index contributed by atoms with van der Waals surface area (Å²) in [6.45, 7) is 4.06. The van der Waals surface area contributed by atoms with Gasteiger partial charge in [-0.1, -0.05) is 35.2 Å². The average molecular weight is 450 g/mol. The van der Waals surface area contributed by atoms with E-state index in [2.05, 4.69) is 30.3 Å². The summed E-state index contributed by atoms with van der Waals surface area (Å²) in [5, 5.41) is 14.7. The molecular formula is C19H16F2N4O3S2. The Morgan fingerprint density at radius 3 is 2.80 bits per heavy atom. The van der Waals surface area contributed by atoms with Crippen molar-refractivity contribution in [3.05, 3.63) is 47.5 Å².